The molecule has 2 aromatic carbocycles. The molecule has 0 spiro atoms. The summed E-state index contributed by atoms with van der Waals surface area (Å²) < 4.78 is 19.9. The van der Waals surface area contributed by atoms with Gasteiger partial charge in [0.15, 0.2) is 0 Å². The van der Waals surface area contributed by atoms with Gasteiger partial charge in [0.25, 0.3) is 5.56 Å². The van der Waals surface area contributed by atoms with Gasteiger partial charge >= 0.3 is 0 Å². The molecule has 136 valence electrons. The number of ether oxygens (including phenoxy) is 1. The highest BCUT2D eigenvalue weighted by Gasteiger charge is 2.16. The van der Waals surface area contributed by atoms with E-state index in [1.807, 2.05) is 6.07 Å². The Labute approximate surface area is 168 Å². The lowest BCUT2D eigenvalue weighted by Gasteiger charge is -2.14. The number of hydrogen-bond acceptors (Lipinski definition) is 3. The van der Waals surface area contributed by atoms with Crippen molar-refractivity contribution in [1.29, 1.82) is 5.26 Å². The lowest BCUT2D eigenvalue weighted by atomic mass is 10.00. The molecule has 0 aliphatic rings. The zero-order valence-corrected chi connectivity index (χ0v) is 16.5. The zero-order valence-electron chi connectivity index (χ0n) is 14.1. The predicted molar refractivity (Wildman–Crippen MR) is 105 cm³/mol. The molecule has 0 aliphatic heterocycles. The lowest BCUT2D eigenvalue weighted by Crippen LogP contribution is -2.13. The molecule has 0 saturated carbocycles. The van der Waals surface area contributed by atoms with Crippen molar-refractivity contribution in [3.8, 4) is 22.9 Å². The van der Waals surface area contributed by atoms with Crippen LogP contribution >= 0.6 is 27.5 Å². The van der Waals surface area contributed by atoms with Gasteiger partial charge in [-0.2, -0.15) is 5.26 Å². The summed E-state index contributed by atoms with van der Waals surface area (Å²) in [6.45, 7) is 1.85. The van der Waals surface area contributed by atoms with Gasteiger partial charge in [-0.25, -0.2) is 4.39 Å². The average molecular weight is 448 g/mol. The molecule has 0 atom stereocenters. The Morgan fingerprint density at radius 3 is 2.70 bits per heavy atom. The number of aryl methyl sites for hydroxylation is 1. The number of nitrogens with one attached hydrogen (secondary N) is 1. The largest absolute Gasteiger partial charge is 0.488 e. The van der Waals surface area contributed by atoms with Crippen LogP contribution in [0.15, 0.2) is 51.7 Å². The number of hydrogen-bond donors (Lipinski definition) is 1. The third-order valence-corrected chi connectivity index (χ3v) is 4.75. The van der Waals surface area contributed by atoms with Crippen LogP contribution in [0.4, 0.5) is 4.39 Å². The molecule has 4 nitrogen and oxygen atoms in total. The van der Waals surface area contributed by atoms with Crippen LogP contribution in [-0.4, -0.2) is 4.98 Å². The van der Waals surface area contributed by atoms with Crippen LogP contribution in [0.5, 0.6) is 5.75 Å². The zero-order chi connectivity index (χ0) is 19.6. The summed E-state index contributed by atoms with van der Waals surface area (Å²) in [5, 5.41) is 9.67. The van der Waals surface area contributed by atoms with E-state index >= 15 is 0 Å². The van der Waals surface area contributed by atoms with Gasteiger partial charge in [-0.1, -0.05) is 33.6 Å². The maximum Gasteiger partial charge on any atom is 0.266 e. The Hall–Kier alpha value is -2.62. The Bertz CT molecular complexity index is 1120. The van der Waals surface area contributed by atoms with Crippen molar-refractivity contribution in [1.82, 2.24) is 4.98 Å². The number of H-pyrrole nitrogens is 1. The van der Waals surface area contributed by atoms with Gasteiger partial charge in [-0.05, 0) is 43.3 Å². The number of aromatic amines is 1. The molecule has 1 N–H and O–H groups in total. The monoisotopic (exact) mass is 446 g/mol. The van der Waals surface area contributed by atoms with E-state index < -0.39 is 11.4 Å². The second-order valence-corrected chi connectivity index (χ2v) is 7.17. The molecule has 0 bridgehead atoms. The highest BCUT2D eigenvalue weighted by atomic mass is 79.9. The highest BCUT2D eigenvalue weighted by Crippen LogP contribution is 2.35. The molecule has 3 rings (SSSR count). The molecule has 1 heterocycles. The molecule has 0 aliphatic carbocycles. The van der Waals surface area contributed by atoms with Gasteiger partial charge in [-0.3, -0.25) is 4.79 Å². The van der Waals surface area contributed by atoms with E-state index in [2.05, 4.69) is 20.9 Å². The third-order valence-electron chi connectivity index (χ3n) is 3.91. The minimum atomic E-state index is -0.458. The smallest absolute Gasteiger partial charge is 0.266 e. The molecule has 0 saturated heterocycles. The van der Waals surface area contributed by atoms with Crippen molar-refractivity contribution in [3.05, 3.63) is 85.0 Å². The van der Waals surface area contributed by atoms with Crippen LogP contribution in [-0.2, 0) is 6.61 Å². The van der Waals surface area contributed by atoms with Crippen LogP contribution in [0.3, 0.4) is 0 Å². The number of benzene rings is 2. The quantitative estimate of drug-likeness (QED) is 0.586. The molecule has 7 heteroatoms. The van der Waals surface area contributed by atoms with Gasteiger partial charge < -0.3 is 9.72 Å². The van der Waals surface area contributed by atoms with Gasteiger partial charge in [0.2, 0.25) is 0 Å². The van der Waals surface area contributed by atoms with E-state index in [-0.39, 0.29) is 17.2 Å². The summed E-state index contributed by atoms with van der Waals surface area (Å²) in [5.74, 6) is 0.0471. The van der Waals surface area contributed by atoms with E-state index in [9.17, 15) is 14.4 Å². The number of rotatable bonds is 4. The molecule has 0 fully saturated rings. The first-order valence-electron chi connectivity index (χ1n) is 7.89. The van der Waals surface area contributed by atoms with Crippen molar-refractivity contribution < 1.29 is 9.13 Å². The first kappa shape index (κ1) is 19.2. The molecule has 0 radical (unpaired) electrons. The summed E-state index contributed by atoms with van der Waals surface area (Å²) in [6, 6.07) is 13.0. The van der Waals surface area contributed by atoms with Crippen LogP contribution in [0, 0.1) is 24.1 Å². The maximum absolute atomic E-state index is 13.2. The second kappa shape index (κ2) is 7.95. The lowest BCUT2D eigenvalue weighted by molar-refractivity contribution is 0.307. The minimum Gasteiger partial charge on any atom is -0.488 e. The summed E-state index contributed by atoms with van der Waals surface area (Å²) in [4.78, 5) is 14.8. The van der Waals surface area contributed by atoms with Gasteiger partial charge in [-0.15, -0.1) is 0 Å². The SMILES string of the molecule is Cc1cc(-c2cc(Br)ccc2OCc2ccc(F)cc2Cl)c(C#N)c(=O)[nH]1. The Morgan fingerprint density at radius 2 is 2.00 bits per heavy atom. The standard InChI is InChI=1S/C20H13BrClFN2O2/c1-11-6-15(17(9-24)20(26)25-11)16-7-13(21)3-5-19(16)27-10-12-2-4-14(23)8-18(12)22/h2-8H,10H2,1H3,(H,25,26). The highest BCUT2D eigenvalue weighted by molar-refractivity contribution is 9.10. The third kappa shape index (κ3) is 4.21. The summed E-state index contributed by atoms with van der Waals surface area (Å²) in [5.41, 5.74) is 1.85. The van der Waals surface area contributed by atoms with Crippen LogP contribution in [0.2, 0.25) is 5.02 Å². The Kier molecular flexibility index (Phi) is 5.64. The van der Waals surface area contributed by atoms with Crippen LogP contribution in [0.25, 0.3) is 11.1 Å². The van der Waals surface area contributed by atoms with E-state index in [0.717, 1.165) is 4.47 Å². The van der Waals surface area contributed by atoms with E-state index in [0.29, 0.717) is 28.1 Å². The minimum absolute atomic E-state index is 0.00312. The molecule has 0 amide bonds. The first-order valence-corrected chi connectivity index (χ1v) is 9.07. The normalized spacial score (nSPS) is 10.5. The summed E-state index contributed by atoms with van der Waals surface area (Å²) >= 11 is 9.46. The predicted octanol–water partition coefficient (Wildman–Crippen LogP) is 5.36. The Balaban J connectivity index is 2.05. The van der Waals surface area contributed by atoms with Gasteiger partial charge in [0.1, 0.15) is 29.8 Å². The van der Waals surface area contributed by atoms with Crippen LogP contribution < -0.4 is 10.3 Å². The number of halogens is 3. The molecule has 3 aromatic rings. The molecular weight excluding hydrogens is 435 g/mol. The summed E-state index contributed by atoms with van der Waals surface area (Å²) in [6.07, 6.45) is 0. The fourth-order valence-electron chi connectivity index (χ4n) is 2.64. The first-order chi connectivity index (χ1) is 12.9. The number of aromatic nitrogens is 1. The fraction of sp³-hybridized carbons (Fsp3) is 0.100. The van der Waals surface area contributed by atoms with Gasteiger partial charge in [0.05, 0.1) is 5.02 Å². The summed E-state index contributed by atoms with van der Waals surface area (Å²) in [7, 11) is 0. The van der Waals surface area contributed by atoms with E-state index in [1.165, 1.54) is 12.1 Å². The molecular formula is C20H13BrClFN2O2. The molecule has 27 heavy (non-hydrogen) atoms. The van der Waals surface area contributed by atoms with E-state index in [4.69, 9.17) is 16.3 Å². The number of nitrogens with zero attached hydrogens (tertiary/aromatic N) is 1. The average Bonchev–Trinajstić information content (AvgIpc) is 2.61. The van der Waals surface area contributed by atoms with Crippen molar-refractivity contribution in [2.24, 2.45) is 0 Å². The van der Waals surface area contributed by atoms with Crippen molar-refractivity contribution in [2.75, 3.05) is 0 Å². The molecule has 0 unspecified atom stereocenters. The second-order valence-electron chi connectivity index (χ2n) is 5.85. The van der Waals surface area contributed by atoms with Crippen LogP contribution in [0.1, 0.15) is 16.8 Å². The van der Waals surface area contributed by atoms with E-state index in [1.54, 1.807) is 37.3 Å². The van der Waals surface area contributed by atoms with Crippen molar-refractivity contribution in [2.45, 2.75) is 13.5 Å². The fourth-order valence-corrected chi connectivity index (χ4v) is 3.23. The number of pyridine rings is 1. The van der Waals surface area contributed by atoms with Gasteiger partial charge in [0, 0.05) is 26.9 Å². The maximum atomic E-state index is 13.2. The van der Waals surface area contributed by atoms with Crippen molar-refractivity contribution in [3.63, 3.8) is 0 Å². The topological polar surface area (TPSA) is 65.9 Å². The Morgan fingerprint density at radius 1 is 1.22 bits per heavy atom. The molecule has 1 aromatic heterocycles. The van der Waals surface area contributed by atoms with Crippen molar-refractivity contribution >= 4 is 27.5 Å². The number of nitriles is 1.